The van der Waals surface area contributed by atoms with Crippen molar-refractivity contribution in [1.82, 2.24) is 9.78 Å². The van der Waals surface area contributed by atoms with Crippen molar-refractivity contribution in [3.05, 3.63) is 30.6 Å². The second-order valence-corrected chi connectivity index (χ2v) is 2.35. The monoisotopic (exact) mass is 166 g/mol. The maximum absolute atomic E-state index is 10.4. The lowest BCUT2D eigenvalue weighted by Gasteiger charge is -1.95. The lowest BCUT2D eigenvalue weighted by Crippen LogP contribution is -2.02. The van der Waals surface area contributed by atoms with Gasteiger partial charge in [-0.3, -0.25) is 4.68 Å². The number of carboxylic acids is 1. The van der Waals surface area contributed by atoms with Gasteiger partial charge in [0.25, 0.3) is 0 Å². The van der Waals surface area contributed by atoms with E-state index in [9.17, 15) is 4.79 Å². The molecule has 0 unspecified atom stereocenters. The van der Waals surface area contributed by atoms with E-state index in [2.05, 4.69) is 11.7 Å². The molecule has 0 spiro atoms. The van der Waals surface area contributed by atoms with E-state index in [1.54, 1.807) is 17.0 Å². The molecule has 4 nitrogen and oxygen atoms in total. The van der Waals surface area contributed by atoms with Crippen LogP contribution in [-0.4, -0.2) is 20.9 Å². The molecule has 0 amide bonds. The average molecular weight is 166 g/mol. The Kier molecular flexibility index (Phi) is 2.63. The normalized spacial score (nSPS) is 9.67. The molecule has 1 aromatic rings. The third-order valence-corrected chi connectivity index (χ3v) is 1.42. The molecule has 0 aliphatic carbocycles. The van der Waals surface area contributed by atoms with E-state index in [0.717, 1.165) is 6.42 Å². The van der Waals surface area contributed by atoms with Gasteiger partial charge in [-0.05, 0) is 12.5 Å². The van der Waals surface area contributed by atoms with Gasteiger partial charge in [-0.25, -0.2) is 4.79 Å². The van der Waals surface area contributed by atoms with E-state index in [-0.39, 0.29) is 5.69 Å². The molecule has 4 heteroatoms. The van der Waals surface area contributed by atoms with Gasteiger partial charge in [-0.2, -0.15) is 5.10 Å². The third kappa shape index (κ3) is 1.95. The predicted octanol–water partition coefficient (Wildman–Crippen LogP) is 1.16. The number of rotatable bonds is 4. The summed E-state index contributed by atoms with van der Waals surface area (Å²) < 4.78 is 1.59. The molecule has 0 aliphatic heterocycles. The molecule has 0 aromatic carbocycles. The van der Waals surface area contributed by atoms with Crippen molar-refractivity contribution >= 4 is 5.97 Å². The van der Waals surface area contributed by atoms with Crippen LogP contribution in [0.25, 0.3) is 0 Å². The third-order valence-electron chi connectivity index (χ3n) is 1.42. The first-order valence-corrected chi connectivity index (χ1v) is 3.61. The molecular formula is C8H10N2O2. The van der Waals surface area contributed by atoms with Crippen molar-refractivity contribution in [2.24, 2.45) is 0 Å². The Hall–Kier alpha value is -1.58. The van der Waals surface area contributed by atoms with Crippen molar-refractivity contribution in [3.63, 3.8) is 0 Å². The molecule has 0 saturated heterocycles. The largest absolute Gasteiger partial charge is 0.476 e. The van der Waals surface area contributed by atoms with Crippen LogP contribution in [0.5, 0.6) is 0 Å². The van der Waals surface area contributed by atoms with E-state index in [4.69, 9.17) is 5.11 Å². The fourth-order valence-electron chi connectivity index (χ4n) is 0.824. The van der Waals surface area contributed by atoms with Crippen LogP contribution < -0.4 is 0 Å². The van der Waals surface area contributed by atoms with Gasteiger partial charge < -0.3 is 5.11 Å². The Bertz CT molecular complexity index is 291. The van der Waals surface area contributed by atoms with Crippen LogP contribution in [-0.2, 0) is 6.54 Å². The standard InChI is InChI=1S/C8H10N2O2/c1-2-3-5-10-6-4-7(9-10)8(11)12/h2,4,6H,1,3,5H2,(H,11,12). The Morgan fingerprint density at radius 3 is 3.08 bits per heavy atom. The Labute approximate surface area is 70.1 Å². The average Bonchev–Trinajstić information content (AvgIpc) is 2.48. The van der Waals surface area contributed by atoms with Crippen LogP contribution in [0.3, 0.4) is 0 Å². The first-order valence-electron chi connectivity index (χ1n) is 3.61. The number of aromatic carboxylic acids is 1. The highest BCUT2D eigenvalue weighted by Gasteiger charge is 2.05. The molecule has 0 radical (unpaired) electrons. The van der Waals surface area contributed by atoms with Crippen LogP contribution in [0.15, 0.2) is 24.9 Å². The van der Waals surface area contributed by atoms with Crippen LogP contribution in [0.4, 0.5) is 0 Å². The molecule has 1 N–H and O–H groups in total. The lowest BCUT2D eigenvalue weighted by molar-refractivity contribution is 0.0689. The van der Waals surface area contributed by atoms with E-state index < -0.39 is 5.97 Å². The first kappa shape index (κ1) is 8.52. The second kappa shape index (κ2) is 3.71. The van der Waals surface area contributed by atoms with Gasteiger partial charge in [0.2, 0.25) is 0 Å². The number of nitrogens with zero attached hydrogens (tertiary/aromatic N) is 2. The molecule has 64 valence electrons. The van der Waals surface area contributed by atoms with Crippen LogP contribution in [0, 0.1) is 0 Å². The highest BCUT2D eigenvalue weighted by Crippen LogP contribution is 1.96. The Balaban J connectivity index is 2.64. The van der Waals surface area contributed by atoms with E-state index in [0.29, 0.717) is 6.54 Å². The molecule has 1 heterocycles. The summed E-state index contributed by atoms with van der Waals surface area (Å²) in [5, 5.41) is 12.3. The van der Waals surface area contributed by atoms with Crippen molar-refractivity contribution in [2.45, 2.75) is 13.0 Å². The molecule has 1 aromatic heterocycles. The maximum atomic E-state index is 10.4. The summed E-state index contributed by atoms with van der Waals surface area (Å²) in [7, 11) is 0. The van der Waals surface area contributed by atoms with Gasteiger partial charge in [0.1, 0.15) is 0 Å². The Morgan fingerprint density at radius 2 is 2.58 bits per heavy atom. The minimum atomic E-state index is -0.993. The molecule has 0 fully saturated rings. The van der Waals surface area contributed by atoms with Crippen molar-refractivity contribution < 1.29 is 9.90 Å². The lowest BCUT2D eigenvalue weighted by atomic mass is 10.4. The summed E-state index contributed by atoms with van der Waals surface area (Å²) in [6, 6.07) is 1.48. The quantitative estimate of drug-likeness (QED) is 0.683. The van der Waals surface area contributed by atoms with Crippen molar-refractivity contribution in [3.8, 4) is 0 Å². The van der Waals surface area contributed by atoms with Crippen LogP contribution in [0.1, 0.15) is 16.9 Å². The van der Waals surface area contributed by atoms with E-state index >= 15 is 0 Å². The van der Waals surface area contributed by atoms with Gasteiger partial charge in [-0.15, -0.1) is 6.58 Å². The van der Waals surface area contributed by atoms with Crippen molar-refractivity contribution in [1.29, 1.82) is 0 Å². The second-order valence-electron chi connectivity index (χ2n) is 2.35. The number of allylic oxidation sites excluding steroid dienone is 1. The number of carbonyl (C=O) groups is 1. The molecule has 0 aliphatic rings. The molecule has 0 atom stereocenters. The predicted molar refractivity (Wildman–Crippen MR) is 44.0 cm³/mol. The van der Waals surface area contributed by atoms with Gasteiger partial charge >= 0.3 is 5.97 Å². The first-order chi connectivity index (χ1) is 5.74. The number of hydrogen-bond acceptors (Lipinski definition) is 2. The number of carboxylic acid groups (broad SMARTS) is 1. The topological polar surface area (TPSA) is 55.1 Å². The molecular weight excluding hydrogens is 156 g/mol. The summed E-state index contributed by atoms with van der Waals surface area (Å²) in [6.07, 6.45) is 4.20. The van der Waals surface area contributed by atoms with Crippen LogP contribution in [0.2, 0.25) is 0 Å². The molecule has 12 heavy (non-hydrogen) atoms. The van der Waals surface area contributed by atoms with Gasteiger partial charge in [0.15, 0.2) is 5.69 Å². The van der Waals surface area contributed by atoms with Gasteiger partial charge in [-0.1, -0.05) is 6.08 Å². The number of aryl methyl sites for hydroxylation is 1. The SMILES string of the molecule is C=CCCn1ccc(C(=O)O)n1. The summed E-state index contributed by atoms with van der Waals surface area (Å²) in [5.41, 5.74) is 0.0825. The maximum Gasteiger partial charge on any atom is 0.356 e. The Morgan fingerprint density at radius 1 is 1.83 bits per heavy atom. The van der Waals surface area contributed by atoms with Crippen LogP contribution >= 0.6 is 0 Å². The minimum Gasteiger partial charge on any atom is -0.476 e. The fraction of sp³-hybridized carbons (Fsp3) is 0.250. The zero-order chi connectivity index (χ0) is 8.97. The highest BCUT2D eigenvalue weighted by molar-refractivity contribution is 5.84. The zero-order valence-electron chi connectivity index (χ0n) is 6.60. The summed E-state index contributed by atoms with van der Waals surface area (Å²) in [5.74, 6) is -0.993. The molecule has 1 rings (SSSR count). The number of hydrogen-bond donors (Lipinski definition) is 1. The summed E-state index contributed by atoms with van der Waals surface area (Å²) >= 11 is 0. The molecule has 0 saturated carbocycles. The fourth-order valence-corrected chi connectivity index (χ4v) is 0.824. The summed E-state index contributed by atoms with van der Waals surface area (Å²) in [6.45, 7) is 4.24. The smallest absolute Gasteiger partial charge is 0.356 e. The van der Waals surface area contributed by atoms with E-state index in [1.807, 2.05) is 0 Å². The van der Waals surface area contributed by atoms with E-state index in [1.165, 1.54) is 6.07 Å². The van der Waals surface area contributed by atoms with Gasteiger partial charge in [0.05, 0.1) is 0 Å². The zero-order valence-corrected chi connectivity index (χ0v) is 6.60. The summed E-state index contributed by atoms with van der Waals surface area (Å²) in [4.78, 5) is 10.4. The highest BCUT2D eigenvalue weighted by atomic mass is 16.4. The molecule has 0 bridgehead atoms. The van der Waals surface area contributed by atoms with Crippen molar-refractivity contribution in [2.75, 3.05) is 0 Å². The van der Waals surface area contributed by atoms with Gasteiger partial charge in [0, 0.05) is 12.7 Å². The minimum absolute atomic E-state index is 0.0825. The number of aromatic nitrogens is 2.